The highest BCUT2D eigenvalue weighted by Gasteiger charge is 1.99. The van der Waals surface area contributed by atoms with Crippen LogP contribution >= 0.6 is 11.8 Å². The van der Waals surface area contributed by atoms with Crippen molar-refractivity contribution in [2.45, 2.75) is 16.5 Å². The zero-order valence-electron chi connectivity index (χ0n) is 9.00. The number of pyridine rings is 1. The Morgan fingerprint density at radius 3 is 2.47 bits per heavy atom. The SMILES string of the molecule is N#Cc1ccc(Sc2ccc(CO)cc2)nc1. The van der Waals surface area contributed by atoms with Gasteiger partial charge in [-0.05, 0) is 29.8 Å². The van der Waals surface area contributed by atoms with Crippen molar-refractivity contribution < 1.29 is 5.11 Å². The fourth-order valence-corrected chi connectivity index (χ4v) is 2.05. The molecule has 1 aromatic carbocycles. The van der Waals surface area contributed by atoms with Crippen molar-refractivity contribution in [3.63, 3.8) is 0 Å². The van der Waals surface area contributed by atoms with Crippen molar-refractivity contribution >= 4 is 11.8 Å². The molecule has 0 spiro atoms. The molecule has 0 amide bonds. The first kappa shape index (κ1) is 11.6. The molecule has 0 fully saturated rings. The fraction of sp³-hybridized carbons (Fsp3) is 0.0769. The minimum atomic E-state index is 0.0556. The first-order chi connectivity index (χ1) is 8.31. The van der Waals surface area contributed by atoms with Crippen LogP contribution in [0.5, 0.6) is 0 Å². The molecule has 4 heteroatoms. The largest absolute Gasteiger partial charge is 0.392 e. The van der Waals surface area contributed by atoms with Crippen molar-refractivity contribution in [3.8, 4) is 6.07 Å². The van der Waals surface area contributed by atoms with E-state index in [0.29, 0.717) is 5.56 Å². The summed E-state index contributed by atoms with van der Waals surface area (Å²) < 4.78 is 0. The van der Waals surface area contributed by atoms with E-state index in [9.17, 15) is 0 Å². The van der Waals surface area contributed by atoms with Crippen LogP contribution < -0.4 is 0 Å². The molecule has 0 radical (unpaired) electrons. The quantitative estimate of drug-likeness (QED) is 0.898. The summed E-state index contributed by atoms with van der Waals surface area (Å²) in [6.07, 6.45) is 1.56. The molecular weight excluding hydrogens is 232 g/mol. The van der Waals surface area contributed by atoms with E-state index < -0.39 is 0 Å². The highest BCUT2D eigenvalue weighted by molar-refractivity contribution is 7.99. The summed E-state index contributed by atoms with van der Waals surface area (Å²) >= 11 is 1.52. The normalized spacial score (nSPS) is 9.88. The van der Waals surface area contributed by atoms with Gasteiger partial charge in [0.2, 0.25) is 0 Å². The van der Waals surface area contributed by atoms with Gasteiger partial charge in [-0.3, -0.25) is 0 Å². The number of aliphatic hydroxyl groups excluding tert-OH is 1. The fourth-order valence-electron chi connectivity index (χ4n) is 1.29. The lowest BCUT2D eigenvalue weighted by molar-refractivity contribution is 0.282. The third-order valence-corrected chi connectivity index (χ3v) is 3.15. The van der Waals surface area contributed by atoms with Crippen molar-refractivity contribution in [2.24, 2.45) is 0 Å². The Labute approximate surface area is 104 Å². The molecule has 3 nitrogen and oxygen atoms in total. The summed E-state index contributed by atoms with van der Waals surface area (Å²) in [6, 6.07) is 13.2. The summed E-state index contributed by atoms with van der Waals surface area (Å²) in [5, 5.41) is 18.4. The second-order valence-electron chi connectivity index (χ2n) is 3.40. The lowest BCUT2D eigenvalue weighted by Crippen LogP contribution is -1.83. The van der Waals surface area contributed by atoms with E-state index in [0.717, 1.165) is 15.5 Å². The molecule has 17 heavy (non-hydrogen) atoms. The number of aliphatic hydroxyl groups is 1. The van der Waals surface area contributed by atoms with Gasteiger partial charge in [0.15, 0.2) is 0 Å². The molecule has 2 aromatic rings. The van der Waals surface area contributed by atoms with Gasteiger partial charge in [0, 0.05) is 11.1 Å². The highest BCUT2D eigenvalue weighted by atomic mass is 32.2. The maximum Gasteiger partial charge on any atom is 0.101 e. The first-order valence-corrected chi connectivity index (χ1v) is 5.87. The molecule has 0 saturated heterocycles. The summed E-state index contributed by atoms with van der Waals surface area (Å²) in [6.45, 7) is 0.0556. The molecule has 1 N–H and O–H groups in total. The molecule has 0 aliphatic rings. The van der Waals surface area contributed by atoms with E-state index in [-0.39, 0.29) is 6.61 Å². The summed E-state index contributed by atoms with van der Waals surface area (Å²) in [4.78, 5) is 5.23. The first-order valence-electron chi connectivity index (χ1n) is 5.05. The molecule has 0 atom stereocenters. The Bertz CT molecular complexity index is 529. The molecule has 2 rings (SSSR count). The average Bonchev–Trinajstić information content (AvgIpc) is 2.40. The van der Waals surface area contributed by atoms with Crippen LogP contribution in [0.2, 0.25) is 0 Å². The minimum Gasteiger partial charge on any atom is -0.392 e. The van der Waals surface area contributed by atoms with Gasteiger partial charge in [-0.15, -0.1) is 0 Å². The number of nitrogens with zero attached hydrogens (tertiary/aromatic N) is 2. The van der Waals surface area contributed by atoms with Crippen molar-refractivity contribution in [1.29, 1.82) is 5.26 Å². The van der Waals surface area contributed by atoms with E-state index in [4.69, 9.17) is 10.4 Å². The van der Waals surface area contributed by atoms with Crippen LogP contribution in [0.1, 0.15) is 11.1 Å². The van der Waals surface area contributed by atoms with Crippen LogP contribution in [-0.2, 0) is 6.61 Å². The van der Waals surface area contributed by atoms with Gasteiger partial charge in [-0.2, -0.15) is 5.26 Å². The molecule has 0 bridgehead atoms. The summed E-state index contributed by atoms with van der Waals surface area (Å²) in [7, 11) is 0. The average molecular weight is 242 g/mol. The second-order valence-corrected chi connectivity index (χ2v) is 4.49. The van der Waals surface area contributed by atoms with Gasteiger partial charge in [-0.25, -0.2) is 4.98 Å². The number of hydrogen-bond acceptors (Lipinski definition) is 4. The zero-order valence-corrected chi connectivity index (χ0v) is 9.81. The van der Waals surface area contributed by atoms with Crippen molar-refractivity contribution in [1.82, 2.24) is 4.98 Å². The van der Waals surface area contributed by atoms with Crippen LogP contribution in [0.25, 0.3) is 0 Å². The summed E-state index contributed by atoms with van der Waals surface area (Å²) in [5.41, 5.74) is 1.45. The Hall–Kier alpha value is -1.83. The van der Waals surface area contributed by atoms with Crippen LogP contribution in [0.15, 0.2) is 52.5 Å². The Balaban J connectivity index is 2.11. The van der Waals surface area contributed by atoms with Crippen molar-refractivity contribution in [2.75, 3.05) is 0 Å². The van der Waals surface area contributed by atoms with E-state index in [1.54, 1.807) is 12.3 Å². The Kier molecular flexibility index (Phi) is 3.76. The maximum absolute atomic E-state index is 8.93. The predicted octanol–water partition coefficient (Wildman–Crippen LogP) is 2.60. The number of hydrogen-bond donors (Lipinski definition) is 1. The predicted molar refractivity (Wildman–Crippen MR) is 65.4 cm³/mol. The molecule has 1 aromatic heterocycles. The number of rotatable bonds is 3. The smallest absolute Gasteiger partial charge is 0.101 e. The third-order valence-electron chi connectivity index (χ3n) is 2.19. The van der Waals surface area contributed by atoms with E-state index in [1.807, 2.05) is 36.4 Å². The van der Waals surface area contributed by atoms with Gasteiger partial charge in [0.1, 0.15) is 11.1 Å². The molecular formula is C13H10N2OS. The van der Waals surface area contributed by atoms with Gasteiger partial charge in [-0.1, -0.05) is 23.9 Å². The minimum absolute atomic E-state index is 0.0556. The van der Waals surface area contributed by atoms with Gasteiger partial charge in [0.05, 0.1) is 12.2 Å². The standard InChI is InChI=1S/C13H10N2OS/c14-7-11-3-6-13(15-8-11)17-12-4-1-10(9-16)2-5-12/h1-6,8,16H,9H2. The van der Waals surface area contributed by atoms with E-state index in [1.165, 1.54) is 11.8 Å². The van der Waals surface area contributed by atoms with Gasteiger partial charge < -0.3 is 5.11 Å². The lowest BCUT2D eigenvalue weighted by atomic mass is 10.2. The van der Waals surface area contributed by atoms with Crippen LogP contribution in [0.4, 0.5) is 0 Å². The van der Waals surface area contributed by atoms with Crippen LogP contribution in [0.3, 0.4) is 0 Å². The Morgan fingerprint density at radius 2 is 1.94 bits per heavy atom. The zero-order chi connectivity index (χ0) is 12.1. The van der Waals surface area contributed by atoms with Crippen LogP contribution in [-0.4, -0.2) is 10.1 Å². The van der Waals surface area contributed by atoms with E-state index in [2.05, 4.69) is 4.98 Å². The molecule has 84 valence electrons. The second kappa shape index (κ2) is 5.48. The topological polar surface area (TPSA) is 56.9 Å². The lowest BCUT2D eigenvalue weighted by Gasteiger charge is -2.01. The van der Waals surface area contributed by atoms with Gasteiger partial charge in [0.25, 0.3) is 0 Å². The monoisotopic (exact) mass is 242 g/mol. The van der Waals surface area contributed by atoms with Crippen molar-refractivity contribution in [3.05, 3.63) is 53.7 Å². The van der Waals surface area contributed by atoms with E-state index >= 15 is 0 Å². The Morgan fingerprint density at radius 1 is 1.18 bits per heavy atom. The number of benzene rings is 1. The van der Waals surface area contributed by atoms with Gasteiger partial charge >= 0.3 is 0 Å². The highest BCUT2D eigenvalue weighted by Crippen LogP contribution is 2.25. The maximum atomic E-state index is 8.93. The molecule has 0 aliphatic heterocycles. The third kappa shape index (κ3) is 3.06. The van der Waals surface area contributed by atoms with Crippen LogP contribution in [0, 0.1) is 11.3 Å². The molecule has 0 saturated carbocycles. The summed E-state index contributed by atoms with van der Waals surface area (Å²) in [5.74, 6) is 0. The molecule has 0 unspecified atom stereocenters. The number of nitriles is 1. The molecule has 0 aliphatic carbocycles. The number of aromatic nitrogens is 1. The molecule has 1 heterocycles.